The van der Waals surface area contributed by atoms with Crippen LogP contribution in [0, 0.1) is 5.92 Å². The lowest BCUT2D eigenvalue weighted by molar-refractivity contribution is -0.148. The Balaban J connectivity index is 0.966. The van der Waals surface area contributed by atoms with Crippen LogP contribution in [0.1, 0.15) is 82.6 Å². The smallest absolute Gasteiger partial charge is 0.246 e. The summed E-state index contributed by atoms with van der Waals surface area (Å²) in [6.45, 7) is 4.44. The Morgan fingerprint density at radius 3 is 1.28 bits per heavy atom. The highest BCUT2D eigenvalue weighted by Crippen LogP contribution is 2.29. The van der Waals surface area contributed by atoms with Crippen LogP contribution in [0.25, 0.3) is 32.7 Å². The fraction of sp³-hybridized carbons (Fsp3) is 0.419. The number of nitrogens with one attached hydrogen (secondary N) is 13. The average Bonchev–Trinajstić information content (AvgIpc) is 1.70. The van der Waals surface area contributed by atoms with Gasteiger partial charge in [-0.05, 0) is 98.0 Å². The first kappa shape index (κ1) is 79.4. The SMILES string of the molecule is CC(=O)N[C@@H](CO)C(=O)N[C@@H](CO)C(=O)N[C@@H](C)C(=O)N[C@@H](Cc1c[nH]c2ccccc12)C(=O)N[C@@H](Cc1c[nH]c2ccccc12)C(=O)N[C@@H](CO)C(=O)N[C@@H](Cc1ccc(O)cc1)C(=O)N[C@@H](Cc1c[nH]c2ccccc12)C(=O)N1CCC[C@H]1C(=O)N1CCC[C@H]1C(=O)N[C@H](C(=O)N[C@@H](C)C(N)=O)C(C)C. The molecule has 0 saturated carbocycles. The number of aliphatic hydroxyl groups excluding tert-OH is 3. The van der Waals surface area contributed by atoms with Crippen molar-refractivity contribution in [1.29, 1.82) is 0 Å². The summed E-state index contributed by atoms with van der Waals surface area (Å²) >= 11 is 0. The van der Waals surface area contributed by atoms with Gasteiger partial charge < -0.3 is 104 Å². The number of carbonyl (C=O) groups is 13. The number of aromatic hydroxyl groups is 1. The maximum absolute atomic E-state index is 15.4. The molecule has 0 radical (unpaired) electrons. The van der Waals surface area contributed by atoms with E-state index in [0.717, 1.165) is 6.92 Å². The first-order chi connectivity index (χ1) is 51.2. The third-order valence-electron chi connectivity index (χ3n) is 19.1. The van der Waals surface area contributed by atoms with Crippen molar-refractivity contribution in [1.82, 2.24) is 77.9 Å². The molecule has 4 aromatic carbocycles. The lowest BCUT2D eigenvalue weighted by Gasteiger charge is -2.34. The summed E-state index contributed by atoms with van der Waals surface area (Å²) in [7, 11) is 0. The van der Waals surface area contributed by atoms with Crippen LogP contribution in [-0.4, -0.2) is 227 Å². The quantitative estimate of drug-likeness (QED) is 0.0210. The summed E-state index contributed by atoms with van der Waals surface area (Å²) in [6, 6.07) is 10.0. The maximum Gasteiger partial charge on any atom is 0.246 e. The van der Waals surface area contributed by atoms with Crippen molar-refractivity contribution in [2.24, 2.45) is 11.7 Å². The van der Waals surface area contributed by atoms with Crippen LogP contribution in [0.5, 0.6) is 5.75 Å². The molecule has 2 aliphatic heterocycles. The first-order valence-corrected chi connectivity index (χ1v) is 35.3. The first-order valence-electron chi connectivity index (χ1n) is 35.3. The Morgan fingerprint density at radius 1 is 0.439 bits per heavy atom. The van der Waals surface area contributed by atoms with Crippen molar-refractivity contribution < 1.29 is 82.8 Å². The van der Waals surface area contributed by atoms with E-state index in [1.165, 1.54) is 47.9 Å². The Kier molecular flexibility index (Phi) is 27.0. The summed E-state index contributed by atoms with van der Waals surface area (Å²) < 4.78 is 0. The van der Waals surface area contributed by atoms with Crippen molar-refractivity contribution in [2.75, 3.05) is 32.9 Å². The van der Waals surface area contributed by atoms with Gasteiger partial charge in [0, 0.05) is 97.0 Å². The normalized spacial score (nSPS) is 17.1. The minimum Gasteiger partial charge on any atom is -0.508 e. The molecule has 0 unspecified atom stereocenters. The zero-order chi connectivity index (χ0) is 77.3. The van der Waals surface area contributed by atoms with E-state index in [0.29, 0.717) is 67.8 Å². The van der Waals surface area contributed by atoms with Crippen LogP contribution < -0.4 is 58.9 Å². The van der Waals surface area contributed by atoms with E-state index in [1.807, 2.05) is 12.1 Å². The van der Waals surface area contributed by atoms with Crippen molar-refractivity contribution in [3.8, 4) is 5.75 Å². The van der Waals surface area contributed by atoms with E-state index in [2.05, 4.69) is 68.1 Å². The highest BCUT2D eigenvalue weighted by atomic mass is 16.3. The number of primary amides is 1. The number of nitrogens with zero attached hydrogens (tertiary/aromatic N) is 2. The zero-order valence-electron chi connectivity index (χ0n) is 59.7. The summed E-state index contributed by atoms with van der Waals surface area (Å²) in [4.78, 5) is 194. The van der Waals surface area contributed by atoms with Crippen molar-refractivity contribution in [3.05, 3.63) is 138 Å². The van der Waals surface area contributed by atoms with Crippen LogP contribution in [-0.2, 0) is 88.0 Å². The lowest BCUT2D eigenvalue weighted by atomic mass is 10.0. The summed E-state index contributed by atoms with van der Waals surface area (Å²) in [6.07, 6.45) is 5.12. The van der Waals surface area contributed by atoms with E-state index in [9.17, 15) is 63.6 Å². The number of benzene rings is 4. The zero-order valence-corrected chi connectivity index (χ0v) is 59.7. The number of amides is 13. The van der Waals surface area contributed by atoms with E-state index >= 15 is 19.2 Å². The largest absolute Gasteiger partial charge is 0.508 e. The molecule has 9 rings (SSSR count). The van der Waals surface area contributed by atoms with E-state index < -0.39 is 175 Å². The monoisotopic (exact) mass is 1480 g/mol. The molecule has 107 heavy (non-hydrogen) atoms. The van der Waals surface area contributed by atoms with Gasteiger partial charge in [0.15, 0.2) is 0 Å². The van der Waals surface area contributed by atoms with Gasteiger partial charge in [0.05, 0.1) is 19.8 Å². The molecular weight excluding hydrogens is 1380 g/mol. The molecule has 2 aliphatic rings. The molecule has 5 heterocycles. The molecule has 0 spiro atoms. The van der Waals surface area contributed by atoms with Crippen molar-refractivity contribution >= 4 is 110 Å². The number of carbonyl (C=O) groups excluding carboxylic acids is 13. The summed E-state index contributed by atoms with van der Waals surface area (Å²) in [5.74, 6) is -11.6. The Hall–Kier alpha value is -11.7. The second-order valence-electron chi connectivity index (χ2n) is 27.2. The number of aromatic nitrogens is 3. The summed E-state index contributed by atoms with van der Waals surface area (Å²) in [5, 5.41) is 68.7. The van der Waals surface area contributed by atoms with Crippen molar-refractivity contribution in [2.45, 2.75) is 158 Å². The van der Waals surface area contributed by atoms with E-state index in [-0.39, 0.29) is 57.4 Å². The molecule has 33 nitrogen and oxygen atoms in total. The van der Waals surface area contributed by atoms with E-state index in [4.69, 9.17) is 5.73 Å². The van der Waals surface area contributed by atoms with Gasteiger partial charge in [-0.25, -0.2) is 0 Å². The number of aromatic amines is 3. The topological polar surface area (TPSA) is 503 Å². The van der Waals surface area contributed by atoms with Gasteiger partial charge in [0.2, 0.25) is 76.8 Å². The summed E-state index contributed by atoms with van der Waals surface area (Å²) in [5.41, 5.74) is 9.42. The van der Waals surface area contributed by atoms with Crippen LogP contribution in [0.3, 0.4) is 0 Å². The lowest BCUT2D eigenvalue weighted by Crippen LogP contribution is -2.62. The highest BCUT2D eigenvalue weighted by Gasteiger charge is 2.45. The van der Waals surface area contributed by atoms with Crippen LogP contribution in [0.15, 0.2) is 116 Å². The van der Waals surface area contributed by atoms with Gasteiger partial charge in [0.1, 0.15) is 78.3 Å². The number of nitrogens with two attached hydrogens (primary N) is 1. The van der Waals surface area contributed by atoms with Gasteiger partial charge in [-0.1, -0.05) is 80.6 Å². The Morgan fingerprint density at radius 2 is 0.822 bits per heavy atom. The van der Waals surface area contributed by atoms with Gasteiger partial charge in [-0.2, -0.15) is 0 Å². The van der Waals surface area contributed by atoms with Gasteiger partial charge in [0.25, 0.3) is 0 Å². The maximum atomic E-state index is 15.4. The van der Waals surface area contributed by atoms with Crippen molar-refractivity contribution in [3.63, 3.8) is 0 Å². The number of phenols is 1. The third kappa shape index (κ3) is 20.0. The second-order valence-corrected chi connectivity index (χ2v) is 27.2. The minimum absolute atomic E-state index is 0.0629. The molecular formula is C74H92N16O17. The van der Waals surface area contributed by atoms with Crippen LogP contribution >= 0.6 is 0 Å². The highest BCUT2D eigenvalue weighted by molar-refractivity contribution is 6.01. The Bertz CT molecular complexity index is 4420. The Labute approximate surface area is 614 Å². The number of rotatable bonds is 34. The fourth-order valence-electron chi connectivity index (χ4n) is 13.3. The number of H-pyrrole nitrogens is 3. The van der Waals surface area contributed by atoms with Gasteiger partial charge in [-0.3, -0.25) is 62.3 Å². The second kappa shape index (κ2) is 36.3. The third-order valence-corrected chi connectivity index (χ3v) is 19.1. The number of para-hydroxylation sites is 3. The molecule has 0 aliphatic carbocycles. The molecule has 33 heteroatoms. The van der Waals surface area contributed by atoms with Gasteiger partial charge >= 0.3 is 0 Å². The average molecular weight is 1480 g/mol. The number of likely N-dealkylation sites (tertiary alicyclic amines) is 2. The molecule has 3 aromatic heterocycles. The van der Waals surface area contributed by atoms with Crippen LogP contribution in [0.4, 0.5) is 0 Å². The number of fused-ring (bicyclic) bond motifs is 3. The molecule has 12 atom stereocenters. The molecule has 7 aromatic rings. The molecule has 19 N–H and O–H groups in total. The number of hydrogen-bond acceptors (Lipinski definition) is 17. The standard InChI is InChI=1S/C74H92N16O17/c1-38(2)62(72(105)79-39(3)63(75)96)88-71(104)60-20-12-26-89(60)74(107)61-21-13-27-90(61)73(106)56(31-45-34-78-52-19-11-8-16-49(45)52)85-65(98)53(28-42-22-24-46(95)25-23-42)83-70(103)59(37-93)86-67(100)55(30-44-33-77-51-18-10-7-15-48(44)51)84-66(99)54(29-43-32-76-50-17-9-6-14-47(43)50)82-64(97)40(4)80-68(101)58(36-92)87-69(102)57(35-91)81-41(5)94/h6-11,14-19,22-25,32-34,38-40,53-62,76-78,91-93,95H,12-13,20-21,26-31,35-37H2,1-5H3,(H2,75,96)(H,79,105)(H,80,101)(H,81,94)(H,82,97)(H,83,103)(H,84,99)(H,85,98)(H,86,100)(H,87,102)(H,88,104)/t39-,40-,53-,54-,55-,56-,57-,58-,59-,60-,61-,62-/m0/s1. The number of hydrogen-bond donors (Lipinski definition) is 18. The fourth-order valence-corrected chi connectivity index (χ4v) is 13.3. The number of aliphatic hydroxyl groups is 3. The molecule has 13 amide bonds. The van der Waals surface area contributed by atoms with Crippen LogP contribution in [0.2, 0.25) is 0 Å². The predicted molar refractivity (Wildman–Crippen MR) is 389 cm³/mol. The molecule has 0 bridgehead atoms. The molecule has 2 saturated heterocycles. The van der Waals surface area contributed by atoms with Gasteiger partial charge in [-0.15, -0.1) is 0 Å². The molecule has 570 valence electrons. The number of phenolic OH excluding ortho intramolecular Hbond substituents is 1. The van der Waals surface area contributed by atoms with E-state index in [1.54, 1.807) is 93.1 Å². The minimum atomic E-state index is -1.87. The molecule has 2 fully saturated rings. The predicted octanol–water partition coefficient (Wildman–Crippen LogP) is -1.89.